The van der Waals surface area contributed by atoms with Crippen LogP contribution in [0.15, 0.2) is 24.3 Å². The first-order chi connectivity index (χ1) is 9.38. The molecular formula is C12H13F3N4O. The molecular weight excluding hydrogens is 273 g/mol. The van der Waals surface area contributed by atoms with Crippen LogP contribution in [-0.4, -0.2) is 26.8 Å². The van der Waals surface area contributed by atoms with Gasteiger partial charge in [-0.25, -0.2) is 0 Å². The third kappa shape index (κ3) is 3.25. The fourth-order valence-corrected chi connectivity index (χ4v) is 1.48. The largest absolute Gasteiger partial charge is 0.493 e. The molecule has 0 unspecified atom stereocenters. The number of nitrogens with zero attached hydrogens (tertiary/aromatic N) is 4. The molecule has 2 aromatic rings. The molecule has 0 aliphatic carbocycles. The molecule has 0 radical (unpaired) electrons. The van der Waals surface area contributed by atoms with Gasteiger partial charge in [0.05, 0.1) is 12.3 Å². The molecule has 0 bridgehead atoms. The molecule has 8 heteroatoms. The Morgan fingerprint density at radius 1 is 1.20 bits per heavy atom. The van der Waals surface area contributed by atoms with E-state index in [2.05, 4.69) is 15.5 Å². The van der Waals surface area contributed by atoms with Gasteiger partial charge in [0.2, 0.25) is 0 Å². The highest BCUT2D eigenvalue weighted by Crippen LogP contribution is 2.28. The van der Waals surface area contributed by atoms with E-state index in [-0.39, 0.29) is 5.69 Å². The molecule has 1 heterocycles. The summed E-state index contributed by atoms with van der Waals surface area (Å²) in [4.78, 5) is 0. The Morgan fingerprint density at radius 2 is 1.85 bits per heavy atom. The molecule has 0 aliphatic heterocycles. The van der Waals surface area contributed by atoms with Crippen LogP contribution in [0.25, 0.3) is 5.69 Å². The fourth-order valence-electron chi connectivity index (χ4n) is 1.48. The van der Waals surface area contributed by atoms with E-state index in [4.69, 9.17) is 4.74 Å². The molecule has 20 heavy (non-hydrogen) atoms. The first-order valence-corrected chi connectivity index (χ1v) is 5.96. The van der Waals surface area contributed by atoms with Crippen molar-refractivity contribution in [2.75, 3.05) is 6.61 Å². The number of benzene rings is 1. The molecule has 1 aromatic carbocycles. The molecule has 108 valence electrons. The van der Waals surface area contributed by atoms with Crippen molar-refractivity contribution in [1.29, 1.82) is 0 Å². The minimum absolute atomic E-state index is 0.222. The lowest BCUT2D eigenvalue weighted by Crippen LogP contribution is -2.14. The van der Waals surface area contributed by atoms with Gasteiger partial charge in [-0.1, -0.05) is 13.8 Å². The summed E-state index contributed by atoms with van der Waals surface area (Å²) in [7, 11) is 0. The Morgan fingerprint density at radius 3 is 2.40 bits per heavy atom. The van der Waals surface area contributed by atoms with E-state index in [0.29, 0.717) is 23.0 Å². The Bertz CT molecular complexity index is 563. The van der Waals surface area contributed by atoms with Crippen molar-refractivity contribution in [2.45, 2.75) is 20.0 Å². The highest BCUT2D eigenvalue weighted by atomic mass is 19.4. The summed E-state index contributed by atoms with van der Waals surface area (Å²) >= 11 is 0. The number of aromatic nitrogens is 4. The molecule has 0 fully saturated rings. The van der Waals surface area contributed by atoms with Crippen molar-refractivity contribution in [3.63, 3.8) is 0 Å². The quantitative estimate of drug-likeness (QED) is 0.867. The Balaban J connectivity index is 2.20. The van der Waals surface area contributed by atoms with Crippen LogP contribution < -0.4 is 4.74 Å². The maximum atomic E-state index is 12.7. The predicted molar refractivity (Wildman–Crippen MR) is 64.5 cm³/mol. The van der Waals surface area contributed by atoms with Crippen molar-refractivity contribution in [1.82, 2.24) is 20.2 Å². The SMILES string of the molecule is CC(C)COc1ccc(-n2nnnc2C(F)(F)F)cc1. The fraction of sp³-hybridized carbons (Fsp3) is 0.417. The number of hydrogen-bond acceptors (Lipinski definition) is 4. The Labute approximate surface area is 113 Å². The first kappa shape index (κ1) is 14.3. The zero-order valence-corrected chi connectivity index (χ0v) is 10.9. The van der Waals surface area contributed by atoms with Crippen LogP contribution in [-0.2, 0) is 6.18 Å². The topological polar surface area (TPSA) is 52.8 Å². The molecule has 0 amide bonds. The van der Waals surface area contributed by atoms with E-state index in [0.717, 1.165) is 0 Å². The number of alkyl halides is 3. The molecule has 0 spiro atoms. The second-order valence-corrected chi connectivity index (χ2v) is 4.61. The number of rotatable bonds is 4. The summed E-state index contributed by atoms with van der Waals surface area (Å²) in [5, 5.41) is 9.40. The van der Waals surface area contributed by atoms with E-state index >= 15 is 0 Å². The van der Waals surface area contributed by atoms with E-state index < -0.39 is 12.0 Å². The van der Waals surface area contributed by atoms with Crippen molar-refractivity contribution in [3.05, 3.63) is 30.1 Å². The molecule has 0 atom stereocenters. The normalized spacial score (nSPS) is 11.9. The average Bonchev–Trinajstić information content (AvgIpc) is 2.86. The van der Waals surface area contributed by atoms with Crippen LogP contribution in [0, 0.1) is 5.92 Å². The van der Waals surface area contributed by atoms with Gasteiger partial charge in [-0.15, -0.1) is 5.10 Å². The standard InChI is InChI=1S/C12H13F3N4O/c1-8(2)7-20-10-5-3-9(4-6-10)19-11(12(13,14)15)16-17-18-19/h3-6,8H,7H2,1-2H3. The van der Waals surface area contributed by atoms with Crippen LogP contribution in [0.4, 0.5) is 13.2 Å². The smallest absolute Gasteiger partial charge is 0.453 e. The van der Waals surface area contributed by atoms with Crippen molar-refractivity contribution in [2.24, 2.45) is 5.92 Å². The Kier molecular flexibility index (Phi) is 3.91. The predicted octanol–water partition coefficient (Wildman–Crippen LogP) is 2.72. The first-order valence-electron chi connectivity index (χ1n) is 5.96. The highest BCUT2D eigenvalue weighted by Gasteiger charge is 2.38. The highest BCUT2D eigenvalue weighted by molar-refractivity contribution is 5.37. The lowest BCUT2D eigenvalue weighted by molar-refractivity contribution is -0.146. The lowest BCUT2D eigenvalue weighted by atomic mass is 10.2. The monoisotopic (exact) mass is 286 g/mol. The molecule has 0 saturated heterocycles. The van der Waals surface area contributed by atoms with Crippen LogP contribution in [0.5, 0.6) is 5.75 Å². The molecule has 1 aromatic heterocycles. The zero-order chi connectivity index (χ0) is 14.8. The maximum Gasteiger partial charge on any atom is 0.453 e. The van der Waals surface area contributed by atoms with E-state index in [1.807, 2.05) is 13.8 Å². The minimum atomic E-state index is -4.60. The molecule has 0 N–H and O–H groups in total. The van der Waals surface area contributed by atoms with Gasteiger partial charge < -0.3 is 4.74 Å². The summed E-state index contributed by atoms with van der Waals surface area (Å²) in [5.41, 5.74) is 0.222. The van der Waals surface area contributed by atoms with Crippen LogP contribution in [0.2, 0.25) is 0 Å². The summed E-state index contributed by atoms with van der Waals surface area (Å²) < 4.78 is 44.1. The summed E-state index contributed by atoms with van der Waals surface area (Å²) in [5.74, 6) is -0.205. The van der Waals surface area contributed by atoms with Crippen molar-refractivity contribution in [3.8, 4) is 11.4 Å². The molecule has 5 nitrogen and oxygen atoms in total. The maximum absolute atomic E-state index is 12.7. The molecule has 0 saturated carbocycles. The van der Waals surface area contributed by atoms with Crippen LogP contribution in [0.3, 0.4) is 0 Å². The van der Waals surface area contributed by atoms with Crippen molar-refractivity contribution >= 4 is 0 Å². The number of tetrazole rings is 1. The van der Waals surface area contributed by atoms with E-state index in [1.54, 1.807) is 12.1 Å². The zero-order valence-electron chi connectivity index (χ0n) is 10.9. The second kappa shape index (κ2) is 5.48. The number of ether oxygens (including phenoxy) is 1. The van der Waals surface area contributed by atoms with Gasteiger partial charge >= 0.3 is 6.18 Å². The van der Waals surface area contributed by atoms with Gasteiger partial charge in [0.25, 0.3) is 5.82 Å². The van der Waals surface area contributed by atoms with Gasteiger partial charge in [0.1, 0.15) is 5.75 Å². The molecule has 2 rings (SSSR count). The van der Waals surface area contributed by atoms with Crippen LogP contribution >= 0.6 is 0 Å². The van der Waals surface area contributed by atoms with E-state index in [9.17, 15) is 13.2 Å². The van der Waals surface area contributed by atoms with Gasteiger partial charge in [-0.05, 0) is 40.6 Å². The second-order valence-electron chi connectivity index (χ2n) is 4.61. The van der Waals surface area contributed by atoms with Gasteiger partial charge in [0.15, 0.2) is 0 Å². The molecule has 0 aliphatic rings. The van der Waals surface area contributed by atoms with Crippen molar-refractivity contribution < 1.29 is 17.9 Å². The summed E-state index contributed by atoms with van der Waals surface area (Å²) in [6, 6.07) is 6.11. The lowest BCUT2D eigenvalue weighted by Gasteiger charge is -2.10. The Hall–Kier alpha value is -2.12. The van der Waals surface area contributed by atoms with Gasteiger partial charge in [-0.3, -0.25) is 0 Å². The third-order valence-electron chi connectivity index (χ3n) is 2.39. The number of hydrogen-bond donors (Lipinski definition) is 0. The average molecular weight is 286 g/mol. The minimum Gasteiger partial charge on any atom is -0.493 e. The summed E-state index contributed by atoms with van der Waals surface area (Å²) in [6.45, 7) is 4.55. The number of halogens is 3. The van der Waals surface area contributed by atoms with Gasteiger partial charge in [0, 0.05) is 0 Å². The van der Waals surface area contributed by atoms with Crippen LogP contribution in [0.1, 0.15) is 19.7 Å². The third-order valence-corrected chi connectivity index (χ3v) is 2.39. The summed E-state index contributed by atoms with van der Waals surface area (Å²) in [6.07, 6.45) is -4.60. The van der Waals surface area contributed by atoms with Gasteiger partial charge in [-0.2, -0.15) is 17.9 Å². The van der Waals surface area contributed by atoms with E-state index in [1.165, 1.54) is 12.1 Å².